The predicted molar refractivity (Wildman–Crippen MR) is 48.2 cm³/mol. The Bertz CT molecular complexity index is 220. The molecular formula is C10H14O3. The molecule has 0 bridgehead atoms. The van der Waals surface area contributed by atoms with Crippen molar-refractivity contribution in [3.05, 3.63) is 11.6 Å². The van der Waals surface area contributed by atoms with Crippen LogP contribution in [0.5, 0.6) is 0 Å². The minimum Gasteiger partial charge on any atom is -0.393 e. The van der Waals surface area contributed by atoms with Crippen LogP contribution in [0, 0.1) is 5.92 Å². The first kappa shape index (κ1) is 10.1. The van der Waals surface area contributed by atoms with E-state index < -0.39 is 0 Å². The molecule has 0 saturated heterocycles. The van der Waals surface area contributed by atoms with E-state index in [1.54, 1.807) is 6.08 Å². The maximum atomic E-state index is 10.5. The average molecular weight is 182 g/mol. The molecule has 1 N–H and O–H groups in total. The Labute approximate surface area is 77.4 Å². The van der Waals surface area contributed by atoms with Crippen molar-refractivity contribution in [2.45, 2.75) is 31.8 Å². The molecule has 0 spiro atoms. The first-order valence-electron chi connectivity index (χ1n) is 4.55. The number of hydrogen-bond donors (Lipinski definition) is 1. The third-order valence-corrected chi connectivity index (χ3v) is 2.42. The topological polar surface area (TPSA) is 54.4 Å². The van der Waals surface area contributed by atoms with E-state index in [2.05, 4.69) is 0 Å². The summed E-state index contributed by atoms with van der Waals surface area (Å²) in [5.74, 6) is -0.0147. The second kappa shape index (κ2) is 4.92. The van der Waals surface area contributed by atoms with Gasteiger partial charge in [-0.05, 0) is 24.8 Å². The molecule has 1 rings (SSSR count). The number of carbonyl (C=O) groups excluding carboxylic acids is 2. The Morgan fingerprint density at radius 2 is 2.31 bits per heavy atom. The van der Waals surface area contributed by atoms with Crippen LogP contribution in [0.25, 0.3) is 0 Å². The van der Waals surface area contributed by atoms with E-state index in [1.165, 1.54) is 0 Å². The quantitative estimate of drug-likeness (QED) is 0.656. The fourth-order valence-corrected chi connectivity index (χ4v) is 1.63. The molecule has 13 heavy (non-hydrogen) atoms. The van der Waals surface area contributed by atoms with Crippen molar-refractivity contribution in [2.24, 2.45) is 5.92 Å². The summed E-state index contributed by atoms with van der Waals surface area (Å²) in [5.41, 5.74) is 0.751. The normalized spacial score (nSPS) is 27.9. The van der Waals surface area contributed by atoms with E-state index in [0.717, 1.165) is 18.1 Å². The molecule has 2 atom stereocenters. The van der Waals surface area contributed by atoms with Gasteiger partial charge >= 0.3 is 0 Å². The van der Waals surface area contributed by atoms with Crippen molar-refractivity contribution in [3.8, 4) is 0 Å². The molecule has 0 aliphatic heterocycles. The van der Waals surface area contributed by atoms with Gasteiger partial charge < -0.3 is 9.90 Å². The van der Waals surface area contributed by atoms with Crippen LogP contribution in [0.2, 0.25) is 0 Å². The molecule has 0 aromatic heterocycles. The van der Waals surface area contributed by atoms with Gasteiger partial charge in [-0.25, -0.2) is 0 Å². The molecule has 0 amide bonds. The molecule has 0 fully saturated rings. The smallest absolute Gasteiger partial charge is 0.145 e. The molecule has 3 nitrogen and oxygen atoms in total. The van der Waals surface area contributed by atoms with E-state index in [0.29, 0.717) is 25.7 Å². The molecule has 3 heteroatoms. The number of rotatable bonds is 4. The van der Waals surface area contributed by atoms with Crippen LogP contribution in [0.1, 0.15) is 25.7 Å². The number of aliphatic hydroxyl groups is 1. The van der Waals surface area contributed by atoms with E-state index in [9.17, 15) is 14.7 Å². The second-order valence-corrected chi connectivity index (χ2v) is 3.37. The van der Waals surface area contributed by atoms with Crippen LogP contribution < -0.4 is 0 Å². The number of aldehydes is 2. The Morgan fingerprint density at radius 3 is 2.92 bits per heavy atom. The summed E-state index contributed by atoms with van der Waals surface area (Å²) in [6, 6.07) is 0. The highest BCUT2D eigenvalue weighted by Crippen LogP contribution is 2.25. The van der Waals surface area contributed by atoms with Crippen LogP contribution in [0.15, 0.2) is 11.6 Å². The van der Waals surface area contributed by atoms with Gasteiger partial charge in [-0.3, -0.25) is 4.79 Å². The SMILES string of the molecule is O=CCC[C@@H]1C=C(C=O)CC[C@H]1O. The zero-order chi connectivity index (χ0) is 9.68. The second-order valence-electron chi connectivity index (χ2n) is 3.37. The number of hydrogen-bond acceptors (Lipinski definition) is 3. The van der Waals surface area contributed by atoms with Crippen molar-refractivity contribution in [1.82, 2.24) is 0 Å². The number of aliphatic hydroxyl groups excluding tert-OH is 1. The van der Waals surface area contributed by atoms with Gasteiger partial charge in [0.1, 0.15) is 12.6 Å². The lowest BCUT2D eigenvalue weighted by atomic mass is 9.85. The van der Waals surface area contributed by atoms with E-state index >= 15 is 0 Å². The highest BCUT2D eigenvalue weighted by atomic mass is 16.3. The first-order valence-corrected chi connectivity index (χ1v) is 4.55. The molecule has 1 aliphatic carbocycles. The highest BCUT2D eigenvalue weighted by molar-refractivity contribution is 5.73. The monoisotopic (exact) mass is 182 g/mol. The van der Waals surface area contributed by atoms with Crippen LogP contribution in [-0.2, 0) is 9.59 Å². The lowest BCUT2D eigenvalue weighted by Gasteiger charge is -2.24. The van der Waals surface area contributed by atoms with Gasteiger partial charge in [0.15, 0.2) is 0 Å². The maximum absolute atomic E-state index is 10.5. The Morgan fingerprint density at radius 1 is 1.54 bits per heavy atom. The average Bonchev–Trinajstić information content (AvgIpc) is 2.17. The molecular weight excluding hydrogens is 168 g/mol. The lowest BCUT2D eigenvalue weighted by molar-refractivity contribution is -0.108. The third-order valence-electron chi connectivity index (χ3n) is 2.42. The predicted octanol–water partition coefficient (Wildman–Crippen LogP) is 0.862. The molecule has 0 saturated carbocycles. The van der Waals surface area contributed by atoms with Crippen molar-refractivity contribution >= 4 is 12.6 Å². The maximum Gasteiger partial charge on any atom is 0.145 e. The van der Waals surface area contributed by atoms with Gasteiger partial charge in [0.05, 0.1) is 6.10 Å². The molecule has 1 aliphatic rings. The summed E-state index contributed by atoms with van der Waals surface area (Å²) >= 11 is 0. The first-order chi connectivity index (χ1) is 6.27. The van der Waals surface area contributed by atoms with Gasteiger partial charge in [-0.2, -0.15) is 0 Å². The van der Waals surface area contributed by atoms with Crippen LogP contribution in [0.3, 0.4) is 0 Å². The largest absolute Gasteiger partial charge is 0.393 e. The van der Waals surface area contributed by atoms with E-state index in [1.807, 2.05) is 0 Å². The molecule has 0 heterocycles. The van der Waals surface area contributed by atoms with Crippen molar-refractivity contribution in [3.63, 3.8) is 0 Å². The van der Waals surface area contributed by atoms with Gasteiger partial charge in [0.2, 0.25) is 0 Å². The molecule has 72 valence electrons. The zero-order valence-electron chi connectivity index (χ0n) is 7.48. The summed E-state index contributed by atoms with van der Waals surface area (Å²) in [6.07, 6.45) is 5.46. The fourth-order valence-electron chi connectivity index (χ4n) is 1.63. The number of carbonyl (C=O) groups is 2. The van der Waals surface area contributed by atoms with Crippen LogP contribution in [-0.4, -0.2) is 23.8 Å². The van der Waals surface area contributed by atoms with Crippen molar-refractivity contribution in [1.29, 1.82) is 0 Å². The van der Waals surface area contributed by atoms with E-state index in [4.69, 9.17) is 0 Å². The minimum absolute atomic E-state index is 0.0147. The molecule has 0 unspecified atom stereocenters. The summed E-state index contributed by atoms with van der Waals surface area (Å²) in [7, 11) is 0. The Kier molecular flexibility index (Phi) is 3.83. The molecule has 0 radical (unpaired) electrons. The van der Waals surface area contributed by atoms with Crippen molar-refractivity contribution in [2.75, 3.05) is 0 Å². The van der Waals surface area contributed by atoms with Crippen LogP contribution in [0.4, 0.5) is 0 Å². The summed E-state index contributed by atoms with van der Waals surface area (Å²) in [5, 5.41) is 9.53. The molecule has 0 aromatic rings. The Hall–Kier alpha value is -0.960. The third kappa shape index (κ3) is 2.77. The zero-order valence-corrected chi connectivity index (χ0v) is 7.48. The van der Waals surface area contributed by atoms with E-state index in [-0.39, 0.29) is 12.0 Å². The van der Waals surface area contributed by atoms with Crippen molar-refractivity contribution < 1.29 is 14.7 Å². The minimum atomic E-state index is -0.386. The standard InChI is InChI=1S/C10H14O3/c11-5-1-2-9-6-8(7-12)3-4-10(9)13/h5-7,9-10,13H,1-4H2/t9-,10-/m1/s1. The fraction of sp³-hybridized carbons (Fsp3) is 0.600. The van der Waals surface area contributed by atoms with Gasteiger partial charge in [-0.15, -0.1) is 0 Å². The molecule has 0 aromatic carbocycles. The summed E-state index contributed by atoms with van der Waals surface area (Å²) < 4.78 is 0. The highest BCUT2D eigenvalue weighted by Gasteiger charge is 2.21. The summed E-state index contributed by atoms with van der Waals surface area (Å²) in [4.78, 5) is 20.6. The Balaban J connectivity index is 2.57. The lowest BCUT2D eigenvalue weighted by Crippen LogP contribution is -2.23. The van der Waals surface area contributed by atoms with Gasteiger partial charge in [0, 0.05) is 12.3 Å². The van der Waals surface area contributed by atoms with Gasteiger partial charge in [0.25, 0.3) is 0 Å². The summed E-state index contributed by atoms with van der Waals surface area (Å²) in [6.45, 7) is 0. The number of allylic oxidation sites excluding steroid dienone is 1. The van der Waals surface area contributed by atoms with Crippen LogP contribution >= 0.6 is 0 Å². The van der Waals surface area contributed by atoms with Gasteiger partial charge in [-0.1, -0.05) is 6.08 Å².